The lowest BCUT2D eigenvalue weighted by molar-refractivity contribution is -0.126. The lowest BCUT2D eigenvalue weighted by Gasteiger charge is -2.32. The molecule has 0 radical (unpaired) electrons. The minimum absolute atomic E-state index is 0.117. The van der Waals surface area contributed by atoms with Gasteiger partial charge in [0.2, 0.25) is 5.91 Å². The molecule has 1 aromatic rings. The van der Waals surface area contributed by atoms with Gasteiger partial charge >= 0.3 is 0 Å². The molecular formula is C18H29N3O4S. The zero-order valence-electron chi connectivity index (χ0n) is 15.8. The third kappa shape index (κ3) is 5.43. The summed E-state index contributed by atoms with van der Waals surface area (Å²) >= 11 is 0. The van der Waals surface area contributed by atoms with Crippen LogP contribution in [0.1, 0.15) is 25.3 Å². The van der Waals surface area contributed by atoms with E-state index in [-0.39, 0.29) is 18.4 Å². The molecule has 1 fully saturated rings. The van der Waals surface area contributed by atoms with Crippen molar-refractivity contribution < 1.29 is 17.9 Å². The summed E-state index contributed by atoms with van der Waals surface area (Å²) in [6.45, 7) is 3.56. The summed E-state index contributed by atoms with van der Waals surface area (Å²) in [7, 11) is -0.465. The molecule has 7 nitrogen and oxygen atoms in total. The summed E-state index contributed by atoms with van der Waals surface area (Å²) in [4.78, 5) is 12.3. The van der Waals surface area contributed by atoms with Gasteiger partial charge in [0, 0.05) is 27.2 Å². The Morgan fingerprint density at radius 2 is 2.00 bits per heavy atom. The molecule has 26 heavy (non-hydrogen) atoms. The molecule has 1 aliphatic rings. The van der Waals surface area contributed by atoms with Crippen LogP contribution >= 0.6 is 0 Å². The first-order valence-corrected chi connectivity index (χ1v) is 10.4. The van der Waals surface area contributed by atoms with Gasteiger partial charge in [0.1, 0.15) is 12.4 Å². The third-order valence-electron chi connectivity index (χ3n) is 4.54. The number of piperidine rings is 1. The van der Waals surface area contributed by atoms with E-state index in [0.29, 0.717) is 32.5 Å². The molecular weight excluding hydrogens is 354 g/mol. The number of nitrogens with zero attached hydrogens (tertiary/aromatic N) is 2. The van der Waals surface area contributed by atoms with Gasteiger partial charge in [-0.25, -0.2) is 0 Å². The van der Waals surface area contributed by atoms with E-state index in [4.69, 9.17) is 4.74 Å². The number of benzene rings is 1. The topological polar surface area (TPSA) is 79.0 Å². The minimum atomic E-state index is -3.47. The predicted octanol–water partition coefficient (Wildman–Crippen LogP) is 1.26. The van der Waals surface area contributed by atoms with Crippen molar-refractivity contribution in [2.75, 3.05) is 40.3 Å². The summed E-state index contributed by atoms with van der Waals surface area (Å²) in [6.07, 6.45) is 2.37. The normalized spacial score (nSPS) is 18.7. The van der Waals surface area contributed by atoms with Crippen molar-refractivity contribution in [3.63, 3.8) is 0 Å². The van der Waals surface area contributed by atoms with Gasteiger partial charge < -0.3 is 10.1 Å². The van der Waals surface area contributed by atoms with Crippen molar-refractivity contribution in [1.29, 1.82) is 0 Å². The molecule has 2 rings (SSSR count). The third-order valence-corrected chi connectivity index (χ3v) is 6.45. The van der Waals surface area contributed by atoms with Gasteiger partial charge in [-0.2, -0.15) is 17.0 Å². The van der Waals surface area contributed by atoms with E-state index in [1.54, 1.807) is 0 Å². The quantitative estimate of drug-likeness (QED) is 0.686. The number of ether oxygens (including phenoxy) is 1. The van der Waals surface area contributed by atoms with E-state index in [1.807, 2.05) is 24.3 Å². The van der Waals surface area contributed by atoms with Crippen LogP contribution in [-0.4, -0.2) is 63.3 Å². The molecule has 8 heteroatoms. The Morgan fingerprint density at radius 3 is 2.62 bits per heavy atom. The van der Waals surface area contributed by atoms with Crippen LogP contribution in [0.2, 0.25) is 0 Å². The highest BCUT2D eigenvalue weighted by Gasteiger charge is 2.33. The molecule has 0 aromatic heterocycles. The molecule has 1 N–H and O–H groups in total. The standard InChI is InChI=1S/C18H29N3O4S/c1-4-15-7-9-17(10-8-15)25-13-11-19-18(22)16-6-5-12-21(14-16)26(23,24)20(2)3/h7-10,16H,4-6,11-14H2,1-3H3,(H,19,22)/t16-/m0/s1. The van der Waals surface area contributed by atoms with Crippen LogP contribution < -0.4 is 10.1 Å². The van der Waals surface area contributed by atoms with Gasteiger partial charge in [-0.05, 0) is 37.0 Å². The highest BCUT2D eigenvalue weighted by Crippen LogP contribution is 2.20. The fraction of sp³-hybridized carbons (Fsp3) is 0.611. The van der Waals surface area contributed by atoms with Crippen LogP contribution in [0, 0.1) is 5.92 Å². The van der Waals surface area contributed by atoms with E-state index in [1.165, 1.54) is 28.3 Å². The maximum Gasteiger partial charge on any atom is 0.281 e. The Hall–Kier alpha value is -1.64. The molecule has 146 valence electrons. The lowest BCUT2D eigenvalue weighted by Crippen LogP contribution is -2.49. The van der Waals surface area contributed by atoms with Crippen LogP contribution in [0.15, 0.2) is 24.3 Å². The van der Waals surface area contributed by atoms with Crippen molar-refractivity contribution in [2.45, 2.75) is 26.2 Å². The SMILES string of the molecule is CCc1ccc(OCCNC(=O)[C@H]2CCCN(S(=O)(=O)N(C)C)C2)cc1. The monoisotopic (exact) mass is 383 g/mol. The first-order valence-electron chi connectivity index (χ1n) is 9.01. The number of carbonyl (C=O) groups is 1. The van der Waals surface area contributed by atoms with E-state index in [2.05, 4.69) is 12.2 Å². The summed E-state index contributed by atoms with van der Waals surface area (Å²) < 4.78 is 32.6. The van der Waals surface area contributed by atoms with Crippen molar-refractivity contribution >= 4 is 16.1 Å². The number of nitrogens with one attached hydrogen (secondary N) is 1. The van der Waals surface area contributed by atoms with Gasteiger partial charge in [0.15, 0.2) is 0 Å². The maximum atomic E-state index is 12.3. The van der Waals surface area contributed by atoms with Crippen molar-refractivity contribution in [3.05, 3.63) is 29.8 Å². The smallest absolute Gasteiger partial charge is 0.281 e. The molecule has 1 aromatic carbocycles. The van der Waals surface area contributed by atoms with Crippen LogP contribution in [0.3, 0.4) is 0 Å². The number of aryl methyl sites for hydroxylation is 1. The second kappa shape index (κ2) is 9.34. The van der Waals surface area contributed by atoms with Gasteiger partial charge in [-0.15, -0.1) is 0 Å². The predicted molar refractivity (Wildman–Crippen MR) is 101 cm³/mol. The first kappa shape index (κ1) is 20.7. The molecule has 0 unspecified atom stereocenters. The number of carbonyl (C=O) groups excluding carboxylic acids is 1. The fourth-order valence-electron chi connectivity index (χ4n) is 2.91. The molecule has 0 spiro atoms. The Balaban J connectivity index is 1.76. The van der Waals surface area contributed by atoms with Crippen molar-refractivity contribution in [3.8, 4) is 5.75 Å². The van der Waals surface area contributed by atoms with Gasteiger partial charge in [0.25, 0.3) is 10.2 Å². The number of hydrogen-bond acceptors (Lipinski definition) is 4. The average Bonchev–Trinajstić information content (AvgIpc) is 2.65. The molecule has 0 aliphatic carbocycles. The zero-order valence-corrected chi connectivity index (χ0v) is 16.6. The van der Waals surface area contributed by atoms with E-state index < -0.39 is 10.2 Å². The second-order valence-electron chi connectivity index (χ2n) is 6.62. The molecule has 0 bridgehead atoms. The fourth-order valence-corrected chi connectivity index (χ4v) is 4.10. The van der Waals surface area contributed by atoms with Crippen LogP contribution in [-0.2, 0) is 21.4 Å². The van der Waals surface area contributed by atoms with Crippen LogP contribution in [0.4, 0.5) is 0 Å². The van der Waals surface area contributed by atoms with Crippen LogP contribution in [0.5, 0.6) is 5.75 Å². The van der Waals surface area contributed by atoms with E-state index in [9.17, 15) is 13.2 Å². The maximum absolute atomic E-state index is 12.3. The molecule has 1 amide bonds. The summed E-state index contributed by atoms with van der Waals surface area (Å²) in [6, 6.07) is 7.89. The Kier molecular flexibility index (Phi) is 7.43. The van der Waals surface area contributed by atoms with Crippen LogP contribution in [0.25, 0.3) is 0 Å². The van der Waals surface area contributed by atoms with E-state index in [0.717, 1.165) is 12.2 Å². The summed E-state index contributed by atoms with van der Waals surface area (Å²) in [5, 5.41) is 2.85. The molecule has 1 aliphatic heterocycles. The second-order valence-corrected chi connectivity index (χ2v) is 8.77. The average molecular weight is 384 g/mol. The zero-order chi connectivity index (χ0) is 19.2. The highest BCUT2D eigenvalue weighted by atomic mass is 32.2. The summed E-state index contributed by atoms with van der Waals surface area (Å²) in [5.41, 5.74) is 1.25. The van der Waals surface area contributed by atoms with Crippen molar-refractivity contribution in [1.82, 2.24) is 13.9 Å². The molecule has 1 heterocycles. The summed E-state index contributed by atoms with van der Waals surface area (Å²) in [5.74, 6) is 0.341. The minimum Gasteiger partial charge on any atom is -0.492 e. The number of amides is 1. The van der Waals surface area contributed by atoms with E-state index >= 15 is 0 Å². The van der Waals surface area contributed by atoms with Crippen molar-refractivity contribution in [2.24, 2.45) is 5.92 Å². The van der Waals surface area contributed by atoms with Gasteiger partial charge in [-0.1, -0.05) is 19.1 Å². The molecule has 1 atom stereocenters. The Morgan fingerprint density at radius 1 is 1.31 bits per heavy atom. The largest absolute Gasteiger partial charge is 0.492 e. The highest BCUT2D eigenvalue weighted by molar-refractivity contribution is 7.86. The van der Waals surface area contributed by atoms with Gasteiger partial charge in [0.05, 0.1) is 12.5 Å². The molecule has 1 saturated heterocycles. The van der Waals surface area contributed by atoms with Gasteiger partial charge in [-0.3, -0.25) is 4.79 Å². The Bertz CT molecular complexity index is 689. The lowest BCUT2D eigenvalue weighted by atomic mass is 9.99. The first-order chi connectivity index (χ1) is 12.3. The molecule has 0 saturated carbocycles. The number of rotatable bonds is 8. The number of hydrogen-bond donors (Lipinski definition) is 1. The Labute approximate surface area is 156 Å².